The van der Waals surface area contributed by atoms with Gasteiger partial charge in [0.1, 0.15) is 17.5 Å². The Hall–Kier alpha value is -3.02. The van der Waals surface area contributed by atoms with Gasteiger partial charge in [0.25, 0.3) is 5.91 Å². The largest absolute Gasteiger partial charge is 0.307 e. The number of hydrogen-bond donors (Lipinski definition) is 1. The second-order valence-corrected chi connectivity index (χ2v) is 6.84. The number of aromatic nitrogens is 2. The number of fused-ring (bicyclic) bond motifs is 1. The fraction of sp³-hybridized carbons (Fsp3) is 0.238. The van der Waals surface area contributed by atoms with Crippen LogP contribution in [-0.2, 0) is 6.42 Å². The Morgan fingerprint density at radius 3 is 2.70 bits per heavy atom. The smallest absolute Gasteiger partial charge is 0.257 e. The summed E-state index contributed by atoms with van der Waals surface area (Å²) in [6.07, 6.45) is 4.66. The van der Waals surface area contributed by atoms with E-state index in [1.807, 2.05) is 19.1 Å². The van der Waals surface area contributed by atoms with Gasteiger partial charge in [0.2, 0.25) is 0 Å². The van der Waals surface area contributed by atoms with Crippen molar-refractivity contribution in [3.8, 4) is 0 Å². The molecule has 4 rings (SSSR count). The zero-order valence-electron chi connectivity index (χ0n) is 14.9. The fourth-order valence-electron chi connectivity index (χ4n) is 3.69. The molecule has 0 spiro atoms. The number of rotatable bonds is 3. The first-order valence-electron chi connectivity index (χ1n) is 8.92. The highest BCUT2D eigenvalue weighted by Gasteiger charge is 2.25. The third kappa shape index (κ3) is 3.35. The molecular weight excluding hydrogens is 348 g/mol. The molecule has 0 saturated carbocycles. The first kappa shape index (κ1) is 17.4. The molecule has 1 aliphatic carbocycles. The molecule has 2 aromatic carbocycles. The third-order valence-electron chi connectivity index (χ3n) is 4.97. The van der Waals surface area contributed by atoms with Crippen LogP contribution < -0.4 is 5.32 Å². The van der Waals surface area contributed by atoms with Gasteiger partial charge in [0, 0.05) is 17.2 Å². The summed E-state index contributed by atoms with van der Waals surface area (Å²) in [6.45, 7) is 1.85. The number of nitrogens with one attached hydrogen (secondary N) is 1. The van der Waals surface area contributed by atoms with Crippen molar-refractivity contribution >= 4 is 11.7 Å². The molecule has 1 unspecified atom stereocenters. The highest BCUT2D eigenvalue weighted by Crippen LogP contribution is 2.35. The normalized spacial score (nSPS) is 16.0. The maximum Gasteiger partial charge on any atom is 0.257 e. The number of amides is 1. The van der Waals surface area contributed by atoms with Crippen molar-refractivity contribution in [1.29, 1.82) is 0 Å². The second-order valence-electron chi connectivity index (χ2n) is 6.84. The van der Waals surface area contributed by atoms with Crippen LogP contribution in [0.4, 0.5) is 14.6 Å². The van der Waals surface area contributed by atoms with Crippen LogP contribution in [0.25, 0.3) is 0 Å². The summed E-state index contributed by atoms with van der Waals surface area (Å²) in [4.78, 5) is 12.6. The minimum absolute atomic E-state index is 0.0168. The van der Waals surface area contributed by atoms with Crippen molar-refractivity contribution in [2.75, 3.05) is 5.32 Å². The van der Waals surface area contributed by atoms with E-state index in [9.17, 15) is 13.6 Å². The van der Waals surface area contributed by atoms with Crippen molar-refractivity contribution in [3.63, 3.8) is 0 Å². The molecule has 138 valence electrons. The molecule has 4 nitrogen and oxygen atoms in total. The Bertz CT molecular complexity index is 992. The van der Waals surface area contributed by atoms with E-state index < -0.39 is 17.5 Å². The molecular formula is C21H19F2N3O. The SMILES string of the molecule is Cc1cnn(C2CCCc3ccccc32)c1NC(=O)c1cc(F)cc(F)c1. The van der Waals surface area contributed by atoms with Gasteiger partial charge in [-0.15, -0.1) is 0 Å². The van der Waals surface area contributed by atoms with E-state index in [0.717, 1.165) is 43.0 Å². The molecule has 0 bridgehead atoms. The van der Waals surface area contributed by atoms with E-state index in [4.69, 9.17) is 0 Å². The van der Waals surface area contributed by atoms with Crippen LogP contribution in [0.1, 0.15) is 45.9 Å². The zero-order valence-corrected chi connectivity index (χ0v) is 14.9. The number of nitrogens with zero attached hydrogens (tertiary/aromatic N) is 2. The van der Waals surface area contributed by atoms with Crippen LogP contribution in [0.2, 0.25) is 0 Å². The van der Waals surface area contributed by atoms with E-state index in [1.54, 1.807) is 10.9 Å². The van der Waals surface area contributed by atoms with E-state index >= 15 is 0 Å². The van der Waals surface area contributed by atoms with Crippen LogP contribution in [-0.4, -0.2) is 15.7 Å². The van der Waals surface area contributed by atoms with Crippen molar-refractivity contribution in [2.24, 2.45) is 0 Å². The molecule has 0 saturated heterocycles. The number of benzene rings is 2. The highest BCUT2D eigenvalue weighted by molar-refractivity contribution is 6.04. The monoisotopic (exact) mass is 367 g/mol. The molecule has 0 radical (unpaired) electrons. The van der Waals surface area contributed by atoms with Gasteiger partial charge in [-0.25, -0.2) is 13.5 Å². The van der Waals surface area contributed by atoms with Crippen LogP contribution in [0.5, 0.6) is 0 Å². The second kappa shape index (κ2) is 6.95. The number of aryl methyl sites for hydroxylation is 2. The lowest BCUT2D eigenvalue weighted by molar-refractivity contribution is 0.102. The first-order chi connectivity index (χ1) is 13.0. The van der Waals surface area contributed by atoms with Crippen LogP contribution in [0.15, 0.2) is 48.7 Å². The molecule has 6 heteroatoms. The van der Waals surface area contributed by atoms with E-state index in [0.29, 0.717) is 5.82 Å². The number of carbonyl (C=O) groups is 1. The lowest BCUT2D eigenvalue weighted by Gasteiger charge is -2.27. The number of anilines is 1. The van der Waals surface area contributed by atoms with Crippen molar-refractivity contribution < 1.29 is 13.6 Å². The summed E-state index contributed by atoms with van der Waals surface area (Å²) in [5, 5.41) is 7.26. The van der Waals surface area contributed by atoms with E-state index in [2.05, 4.69) is 22.5 Å². The Morgan fingerprint density at radius 2 is 1.93 bits per heavy atom. The summed E-state index contributed by atoms with van der Waals surface area (Å²) < 4.78 is 28.7. The summed E-state index contributed by atoms with van der Waals surface area (Å²) in [6, 6.07) is 11.0. The predicted molar refractivity (Wildman–Crippen MR) is 98.8 cm³/mol. The van der Waals surface area contributed by atoms with E-state index in [1.165, 1.54) is 11.1 Å². The Labute approximate surface area is 155 Å². The van der Waals surface area contributed by atoms with Gasteiger partial charge < -0.3 is 5.32 Å². The molecule has 1 N–H and O–H groups in total. The van der Waals surface area contributed by atoms with Gasteiger partial charge in [0.15, 0.2) is 0 Å². The van der Waals surface area contributed by atoms with Crippen LogP contribution in [0, 0.1) is 18.6 Å². The van der Waals surface area contributed by atoms with Gasteiger partial charge in [-0.05, 0) is 49.4 Å². The molecule has 27 heavy (non-hydrogen) atoms. The maximum absolute atomic E-state index is 13.4. The molecule has 0 fully saturated rings. The van der Waals surface area contributed by atoms with Gasteiger partial charge in [-0.3, -0.25) is 4.79 Å². The molecule has 1 aliphatic rings. The molecule has 3 aromatic rings. The average molecular weight is 367 g/mol. The van der Waals surface area contributed by atoms with Crippen molar-refractivity contribution in [1.82, 2.24) is 9.78 Å². The number of hydrogen-bond acceptors (Lipinski definition) is 2. The first-order valence-corrected chi connectivity index (χ1v) is 8.92. The number of carbonyl (C=O) groups excluding carboxylic acids is 1. The molecule has 1 heterocycles. The average Bonchev–Trinajstić information content (AvgIpc) is 3.01. The molecule has 1 aromatic heterocycles. The van der Waals surface area contributed by atoms with Gasteiger partial charge in [0.05, 0.1) is 12.2 Å². The third-order valence-corrected chi connectivity index (χ3v) is 4.97. The van der Waals surface area contributed by atoms with Crippen LogP contribution in [0.3, 0.4) is 0 Å². The van der Waals surface area contributed by atoms with Crippen molar-refractivity contribution in [3.05, 3.63) is 82.5 Å². The number of halogens is 2. The summed E-state index contributed by atoms with van der Waals surface area (Å²) in [5.41, 5.74) is 3.21. The van der Waals surface area contributed by atoms with Crippen LogP contribution >= 0.6 is 0 Å². The summed E-state index contributed by atoms with van der Waals surface area (Å²) >= 11 is 0. The molecule has 1 atom stereocenters. The van der Waals surface area contributed by atoms with E-state index in [-0.39, 0.29) is 11.6 Å². The minimum Gasteiger partial charge on any atom is -0.307 e. The lowest BCUT2D eigenvalue weighted by Crippen LogP contribution is -2.23. The maximum atomic E-state index is 13.4. The fourth-order valence-corrected chi connectivity index (χ4v) is 3.69. The topological polar surface area (TPSA) is 46.9 Å². The standard InChI is InChI=1S/C21H19F2N3O/c1-13-12-24-26(19-8-4-6-14-5-2-3-7-18(14)19)20(13)25-21(27)15-9-16(22)11-17(23)10-15/h2-3,5,7,9-12,19H,4,6,8H2,1H3,(H,25,27). The summed E-state index contributed by atoms with van der Waals surface area (Å²) in [7, 11) is 0. The molecule has 0 aliphatic heterocycles. The summed E-state index contributed by atoms with van der Waals surface area (Å²) in [5.74, 6) is -1.59. The predicted octanol–water partition coefficient (Wildman–Crippen LogP) is 4.65. The Morgan fingerprint density at radius 1 is 1.19 bits per heavy atom. The van der Waals surface area contributed by atoms with Gasteiger partial charge >= 0.3 is 0 Å². The molecule has 1 amide bonds. The van der Waals surface area contributed by atoms with Gasteiger partial charge in [-0.1, -0.05) is 24.3 Å². The lowest BCUT2D eigenvalue weighted by atomic mass is 9.88. The highest BCUT2D eigenvalue weighted by atomic mass is 19.1. The minimum atomic E-state index is -0.786. The van der Waals surface area contributed by atoms with Gasteiger partial charge in [-0.2, -0.15) is 5.10 Å². The Kier molecular flexibility index (Phi) is 4.48. The van der Waals surface area contributed by atoms with Crippen molar-refractivity contribution in [2.45, 2.75) is 32.2 Å². The quantitative estimate of drug-likeness (QED) is 0.733. The zero-order chi connectivity index (χ0) is 19.0. The Balaban J connectivity index is 1.68.